The van der Waals surface area contributed by atoms with Gasteiger partial charge in [0.15, 0.2) is 0 Å². The minimum Gasteiger partial charge on any atom is -0.496 e. The van der Waals surface area contributed by atoms with E-state index in [-0.39, 0.29) is 25.1 Å². The average Bonchev–Trinajstić information content (AvgIpc) is 2.44. The van der Waals surface area contributed by atoms with Gasteiger partial charge in [-0.1, -0.05) is 58.0 Å². The summed E-state index contributed by atoms with van der Waals surface area (Å²) < 4.78 is 5.24. The largest absolute Gasteiger partial charge is 0.496 e. The first kappa shape index (κ1) is 15.0. The Morgan fingerprint density at radius 3 is 1.95 bits per heavy atom. The SMILES string of the molecule is COc1ccncc1-c1c(Cl)c(Cl)c(Cl)c(Cl)c1Cl. The Labute approximate surface area is 135 Å². The van der Waals surface area contributed by atoms with E-state index in [2.05, 4.69) is 4.98 Å². The summed E-state index contributed by atoms with van der Waals surface area (Å²) in [6, 6.07) is 1.68. The van der Waals surface area contributed by atoms with Gasteiger partial charge in [0.25, 0.3) is 0 Å². The van der Waals surface area contributed by atoms with Crippen LogP contribution < -0.4 is 4.74 Å². The number of pyridine rings is 1. The third-order valence-electron chi connectivity index (χ3n) is 2.48. The maximum atomic E-state index is 6.20. The van der Waals surface area contributed by atoms with Crippen LogP contribution in [0.3, 0.4) is 0 Å². The highest BCUT2D eigenvalue weighted by Crippen LogP contribution is 2.49. The summed E-state index contributed by atoms with van der Waals surface area (Å²) in [5, 5.41) is 0.793. The molecule has 0 atom stereocenters. The van der Waals surface area contributed by atoms with Crippen molar-refractivity contribution >= 4 is 58.0 Å². The maximum Gasteiger partial charge on any atom is 0.129 e. The molecule has 0 radical (unpaired) electrons. The number of hydrogen-bond acceptors (Lipinski definition) is 2. The van der Waals surface area contributed by atoms with Crippen molar-refractivity contribution in [3.05, 3.63) is 43.6 Å². The summed E-state index contributed by atoms with van der Waals surface area (Å²) in [4.78, 5) is 4.02. The quantitative estimate of drug-likeness (QED) is 0.484. The number of hydrogen-bond donors (Lipinski definition) is 0. The van der Waals surface area contributed by atoms with Gasteiger partial charge >= 0.3 is 0 Å². The number of ether oxygens (including phenoxy) is 1. The van der Waals surface area contributed by atoms with E-state index in [1.807, 2.05) is 0 Å². The highest BCUT2D eigenvalue weighted by Gasteiger charge is 2.22. The molecule has 0 aliphatic heterocycles. The number of rotatable bonds is 2. The summed E-state index contributed by atoms with van der Waals surface area (Å²) in [6.07, 6.45) is 3.15. The van der Waals surface area contributed by atoms with Gasteiger partial charge in [0, 0.05) is 23.5 Å². The lowest BCUT2D eigenvalue weighted by molar-refractivity contribution is 0.416. The van der Waals surface area contributed by atoms with Crippen molar-refractivity contribution in [2.24, 2.45) is 0 Å². The van der Waals surface area contributed by atoms with Crippen LogP contribution in [-0.4, -0.2) is 12.1 Å². The van der Waals surface area contributed by atoms with E-state index in [4.69, 9.17) is 62.7 Å². The van der Waals surface area contributed by atoms with E-state index >= 15 is 0 Å². The monoisotopic (exact) mass is 355 g/mol. The summed E-state index contributed by atoms with van der Waals surface area (Å²) in [6.45, 7) is 0. The number of methoxy groups -OCH3 is 1. The molecule has 0 spiro atoms. The summed E-state index contributed by atoms with van der Waals surface area (Å²) >= 11 is 30.4. The van der Waals surface area contributed by atoms with Crippen LogP contribution in [0.5, 0.6) is 5.75 Å². The lowest BCUT2D eigenvalue weighted by atomic mass is 10.1. The van der Waals surface area contributed by atoms with Gasteiger partial charge in [0.2, 0.25) is 0 Å². The van der Waals surface area contributed by atoms with Crippen molar-refractivity contribution in [2.45, 2.75) is 0 Å². The fraction of sp³-hybridized carbons (Fsp3) is 0.0833. The molecule has 0 saturated heterocycles. The molecule has 1 heterocycles. The number of nitrogens with zero attached hydrogens (tertiary/aromatic N) is 1. The summed E-state index contributed by atoms with van der Waals surface area (Å²) in [5.74, 6) is 0.549. The first-order chi connectivity index (χ1) is 8.99. The topological polar surface area (TPSA) is 22.1 Å². The third-order valence-corrected chi connectivity index (χ3v) is 4.76. The molecule has 0 saturated carbocycles. The van der Waals surface area contributed by atoms with E-state index < -0.39 is 0 Å². The minimum atomic E-state index is 0.116. The normalized spacial score (nSPS) is 10.6. The van der Waals surface area contributed by atoms with Crippen LogP contribution in [0, 0.1) is 0 Å². The highest BCUT2D eigenvalue weighted by atomic mass is 35.5. The van der Waals surface area contributed by atoms with Crippen LogP contribution in [0.15, 0.2) is 18.5 Å². The van der Waals surface area contributed by atoms with Crippen molar-refractivity contribution in [2.75, 3.05) is 7.11 Å². The molecule has 1 aromatic carbocycles. The van der Waals surface area contributed by atoms with Gasteiger partial charge in [-0.3, -0.25) is 4.98 Å². The lowest BCUT2D eigenvalue weighted by Gasteiger charge is -2.14. The zero-order chi connectivity index (χ0) is 14.2. The first-order valence-electron chi connectivity index (χ1n) is 4.98. The van der Waals surface area contributed by atoms with Crippen LogP contribution in [0.1, 0.15) is 0 Å². The molecule has 0 aliphatic rings. The first-order valence-corrected chi connectivity index (χ1v) is 6.87. The predicted molar refractivity (Wildman–Crippen MR) is 81.3 cm³/mol. The molecular weight excluding hydrogens is 351 g/mol. The van der Waals surface area contributed by atoms with Gasteiger partial charge in [-0.2, -0.15) is 0 Å². The number of aromatic nitrogens is 1. The van der Waals surface area contributed by atoms with Gasteiger partial charge in [-0.05, 0) is 6.07 Å². The third kappa shape index (κ3) is 2.61. The minimum absolute atomic E-state index is 0.116. The van der Waals surface area contributed by atoms with Crippen molar-refractivity contribution in [1.82, 2.24) is 4.98 Å². The Bertz CT molecular complexity index is 615. The van der Waals surface area contributed by atoms with Crippen molar-refractivity contribution in [3.63, 3.8) is 0 Å². The van der Waals surface area contributed by atoms with Crippen LogP contribution in [0.4, 0.5) is 0 Å². The zero-order valence-electron chi connectivity index (χ0n) is 9.48. The van der Waals surface area contributed by atoms with Gasteiger partial charge in [0.1, 0.15) is 5.75 Å². The van der Waals surface area contributed by atoms with E-state index in [1.165, 1.54) is 7.11 Å². The number of benzene rings is 1. The van der Waals surface area contributed by atoms with Crippen LogP contribution in [-0.2, 0) is 0 Å². The van der Waals surface area contributed by atoms with Gasteiger partial charge < -0.3 is 4.74 Å². The highest BCUT2D eigenvalue weighted by molar-refractivity contribution is 6.56. The van der Waals surface area contributed by atoms with Crippen molar-refractivity contribution < 1.29 is 4.74 Å². The van der Waals surface area contributed by atoms with Gasteiger partial charge in [0.05, 0.1) is 32.2 Å². The zero-order valence-corrected chi connectivity index (χ0v) is 13.3. The lowest BCUT2D eigenvalue weighted by Crippen LogP contribution is -1.92. The van der Waals surface area contributed by atoms with Crippen LogP contribution >= 0.6 is 58.0 Å². The molecule has 19 heavy (non-hydrogen) atoms. The van der Waals surface area contributed by atoms with Crippen LogP contribution in [0.25, 0.3) is 11.1 Å². The summed E-state index contributed by atoms with van der Waals surface area (Å²) in [7, 11) is 1.53. The van der Waals surface area contributed by atoms with E-state index in [0.717, 1.165) is 0 Å². The molecule has 2 nitrogen and oxygen atoms in total. The summed E-state index contributed by atoms with van der Waals surface area (Å²) in [5.41, 5.74) is 1.02. The average molecular weight is 357 g/mol. The molecule has 2 rings (SSSR count). The second kappa shape index (κ2) is 5.94. The number of halogens is 5. The Kier molecular flexibility index (Phi) is 4.70. The van der Waals surface area contributed by atoms with E-state index in [9.17, 15) is 0 Å². The van der Waals surface area contributed by atoms with E-state index in [1.54, 1.807) is 18.5 Å². The molecule has 0 amide bonds. The predicted octanol–water partition coefficient (Wildman–Crippen LogP) is 6.02. The van der Waals surface area contributed by atoms with Gasteiger partial charge in [-0.15, -0.1) is 0 Å². The molecule has 0 bridgehead atoms. The molecule has 7 heteroatoms. The molecule has 100 valence electrons. The molecule has 0 N–H and O–H groups in total. The molecule has 0 aliphatic carbocycles. The fourth-order valence-corrected chi connectivity index (χ4v) is 2.93. The Balaban J connectivity index is 2.83. The molecule has 1 aromatic heterocycles. The molecular formula is C12H6Cl5NO. The Hall–Kier alpha value is -0.380. The second-order valence-electron chi connectivity index (χ2n) is 3.52. The van der Waals surface area contributed by atoms with Crippen molar-refractivity contribution in [1.29, 1.82) is 0 Å². The molecule has 0 fully saturated rings. The van der Waals surface area contributed by atoms with Crippen molar-refractivity contribution in [3.8, 4) is 16.9 Å². The Morgan fingerprint density at radius 2 is 1.42 bits per heavy atom. The van der Waals surface area contributed by atoms with Crippen LogP contribution in [0.2, 0.25) is 25.1 Å². The smallest absolute Gasteiger partial charge is 0.129 e. The van der Waals surface area contributed by atoms with E-state index in [0.29, 0.717) is 16.9 Å². The maximum absolute atomic E-state index is 6.20. The fourth-order valence-electron chi connectivity index (χ4n) is 1.59. The molecule has 0 unspecified atom stereocenters. The van der Waals surface area contributed by atoms with Gasteiger partial charge in [-0.25, -0.2) is 0 Å². The Morgan fingerprint density at radius 1 is 0.895 bits per heavy atom. The standard InChI is InChI=1S/C12H6Cl5NO/c1-19-6-2-3-18-4-5(6)7-8(13)10(15)12(17)11(16)9(7)14/h2-4H,1H3. The second-order valence-corrected chi connectivity index (χ2v) is 5.41. The molecule has 2 aromatic rings.